The van der Waals surface area contributed by atoms with E-state index in [1.807, 2.05) is 6.92 Å². The van der Waals surface area contributed by atoms with E-state index in [0.717, 1.165) is 11.6 Å². The van der Waals surface area contributed by atoms with Gasteiger partial charge in [0.15, 0.2) is 0 Å². The molecule has 0 aliphatic rings. The monoisotopic (exact) mass is 294 g/mol. The molecule has 0 saturated heterocycles. The summed E-state index contributed by atoms with van der Waals surface area (Å²) in [5, 5.41) is 18.5. The van der Waals surface area contributed by atoms with E-state index in [1.165, 1.54) is 12.1 Å². The van der Waals surface area contributed by atoms with E-state index in [1.54, 1.807) is 18.2 Å². The van der Waals surface area contributed by atoms with Crippen molar-refractivity contribution in [3.63, 3.8) is 0 Å². The fourth-order valence-electron chi connectivity index (χ4n) is 1.71. The van der Waals surface area contributed by atoms with Crippen molar-refractivity contribution in [2.24, 2.45) is 0 Å². The molecule has 0 aromatic heterocycles. The van der Waals surface area contributed by atoms with Crippen LogP contribution >= 0.6 is 11.6 Å². The molecular weight excluding hydrogens is 281 g/mol. The molecule has 0 bridgehead atoms. The van der Waals surface area contributed by atoms with Crippen LogP contribution in [0.4, 0.5) is 4.39 Å². The van der Waals surface area contributed by atoms with Crippen molar-refractivity contribution in [1.29, 1.82) is 0 Å². The van der Waals surface area contributed by atoms with Gasteiger partial charge in [-0.25, -0.2) is 4.39 Å². The Bertz CT molecular complexity index is 619. The summed E-state index contributed by atoms with van der Waals surface area (Å²) in [6.07, 6.45) is 0. The quantitative estimate of drug-likeness (QED) is 0.849. The highest BCUT2D eigenvalue weighted by Crippen LogP contribution is 2.22. The van der Waals surface area contributed by atoms with E-state index >= 15 is 0 Å². The third-order valence-corrected chi connectivity index (χ3v) is 3.32. The van der Waals surface area contributed by atoms with Crippen LogP contribution in [0.1, 0.15) is 11.1 Å². The predicted molar refractivity (Wildman–Crippen MR) is 76.7 cm³/mol. The van der Waals surface area contributed by atoms with Crippen molar-refractivity contribution >= 4 is 24.2 Å². The van der Waals surface area contributed by atoms with Crippen LogP contribution in [0.25, 0.3) is 0 Å². The molecule has 0 saturated carbocycles. The summed E-state index contributed by atoms with van der Waals surface area (Å²) >= 11 is 5.91. The average Bonchev–Trinajstić information content (AvgIpc) is 2.41. The Morgan fingerprint density at radius 3 is 2.55 bits per heavy atom. The fourth-order valence-corrected chi connectivity index (χ4v) is 1.83. The minimum atomic E-state index is -1.68. The first-order valence-electron chi connectivity index (χ1n) is 6.01. The van der Waals surface area contributed by atoms with Gasteiger partial charge in [-0.3, -0.25) is 0 Å². The standard InChI is InChI=1S/C14H13BClFO3/c1-9-6-12(4-5-13(9)16)20-8-10-2-3-11(15(18)19)7-14(10)17/h2-7,18-19H,8H2,1H3. The first kappa shape index (κ1) is 14.8. The summed E-state index contributed by atoms with van der Waals surface area (Å²) in [6.45, 7) is 1.90. The summed E-state index contributed by atoms with van der Waals surface area (Å²) in [4.78, 5) is 0. The zero-order chi connectivity index (χ0) is 14.7. The molecule has 0 fully saturated rings. The molecule has 2 aromatic carbocycles. The highest BCUT2D eigenvalue weighted by atomic mass is 35.5. The van der Waals surface area contributed by atoms with E-state index in [4.69, 9.17) is 26.4 Å². The Morgan fingerprint density at radius 2 is 1.95 bits per heavy atom. The van der Waals surface area contributed by atoms with Gasteiger partial charge in [-0.2, -0.15) is 0 Å². The molecule has 0 aliphatic carbocycles. The lowest BCUT2D eigenvalue weighted by atomic mass is 9.80. The normalized spacial score (nSPS) is 10.4. The third-order valence-electron chi connectivity index (χ3n) is 2.90. The molecule has 6 heteroatoms. The Balaban J connectivity index is 2.09. The second-order valence-electron chi connectivity index (χ2n) is 4.42. The molecule has 0 atom stereocenters. The lowest BCUT2D eigenvalue weighted by Gasteiger charge is -2.09. The van der Waals surface area contributed by atoms with E-state index in [9.17, 15) is 4.39 Å². The first-order chi connectivity index (χ1) is 9.47. The maximum absolute atomic E-state index is 13.7. The Labute approximate surface area is 121 Å². The van der Waals surface area contributed by atoms with E-state index in [-0.39, 0.29) is 12.1 Å². The lowest BCUT2D eigenvalue weighted by molar-refractivity contribution is 0.299. The number of halogens is 2. The maximum Gasteiger partial charge on any atom is 0.488 e. The van der Waals surface area contributed by atoms with E-state index < -0.39 is 12.9 Å². The van der Waals surface area contributed by atoms with Crippen LogP contribution in [-0.4, -0.2) is 17.2 Å². The largest absolute Gasteiger partial charge is 0.489 e. The van der Waals surface area contributed by atoms with E-state index in [2.05, 4.69) is 0 Å². The SMILES string of the molecule is Cc1cc(OCc2ccc(B(O)O)cc2F)ccc1Cl. The molecule has 0 aliphatic heterocycles. The van der Waals surface area contributed by atoms with Gasteiger partial charge in [-0.05, 0) is 42.2 Å². The molecule has 0 spiro atoms. The average molecular weight is 295 g/mol. The molecule has 0 heterocycles. The topological polar surface area (TPSA) is 49.7 Å². The number of hydrogen-bond donors (Lipinski definition) is 2. The highest BCUT2D eigenvalue weighted by Gasteiger charge is 2.13. The van der Waals surface area contributed by atoms with Crippen LogP contribution in [0.15, 0.2) is 36.4 Å². The van der Waals surface area contributed by atoms with Crippen LogP contribution in [0, 0.1) is 12.7 Å². The van der Waals surface area contributed by atoms with Gasteiger partial charge in [0.1, 0.15) is 18.2 Å². The van der Waals surface area contributed by atoms with Gasteiger partial charge in [-0.15, -0.1) is 0 Å². The van der Waals surface area contributed by atoms with Crippen molar-refractivity contribution in [3.05, 3.63) is 58.4 Å². The van der Waals surface area contributed by atoms with Crippen LogP contribution < -0.4 is 10.2 Å². The van der Waals surface area contributed by atoms with Crippen molar-refractivity contribution in [2.75, 3.05) is 0 Å². The van der Waals surface area contributed by atoms with Crippen molar-refractivity contribution in [3.8, 4) is 5.75 Å². The Hall–Kier alpha value is -1.56. The summed E-state index contributed by atoms with van der Waals surface area (Å²) in [5.74, 6) is 0.0545. The molecule has 0 unspecified atom stereocenters. The van der Waals surface area contributed by atoms with Gasteiger partial charge in [0.2, 0.25) is 0 Å². The Kier molecular flexibility index (Phi) is 4.65. The number of benzene rings is 2. The zero-order valence-electron chi connectivity index (χ0n) is 10.8. The van der Waals surface area contributed by atoms with Gasteiger partial charge in [0, 0.05) is 10.6 Å². The molecule has 2 aromatic rings. The molecule has 0 amide bonds. The second-order valence-corrected chi connectivity index (χ2v) is 4.83. The van der Waals surface area contributed by atoms with Crippen LogP contribution in [0.5, 0.6) is 5.75 Å². The van der Waals surface area contributed by atoms with Gasteiger partial charge >= 0.3 is 7.12 Å². The van der Waals surface area contributed by atoms with Crippen LogP contribution in [0.3, 0.4) is 0 Å². The van der Waals surface area contributed by atoms with Crippen LogP contribution in [-0.2, 0) is 6.61 Å². The minimum absolute atomic E-state index is 0.0503. The summed E-state index contributed by atoms with van der Waals surface area (Å²) < 4.78 is 19.2. The second kappa shape index (κ2) is 6.26. The molecule has 20 heavy (non-hydrogen) atoms. The number of hydrogen-bond acceptors (Lipinski definition) is 3. The smallest absolute Gasteiger partial charge is 0.488 e. The molecular formula is C14H13BClFO3. The van der Waals surface area contributed by atoms with Gasteiger partial charge in [0.05, 0.1) is 0 Å². The summed E-state index contributed by atoms with van der Waals surface area (Å²) in [7, 11) is -1.68. The van der Waals surface area contributed by atoms with Crippen LogP contribution in [0.2, 0.25) is 5.02 Å². The minimum Gasteiger partial charge on any atom is -0.489 e. The first-order valence-corrected chi connectivity index (χ1v) is 6.38. The lowest BCUT2D eigenvalue weighted by Crippen LogP contribution is -2.30. The number of ether oxygens (including phenoxy) is 1. The summed E-state index contributed by atoms with van der Waals surface area (Å²) in [6, 6.07) is 9.18. The molecule has 104 valence electrons. The summed E-state index contributed by atoms with van der Waals surface area (Å²) in [5.41, 5.74) is 1.32. The van der Waals surface area contributed by atoms with Gasteiger partial charge in [-0.1, -0.05) is 23.7 Å². The van der Waals surface area contributed by atoms with E-state index in [0.29, 0.717) is 16.3 Å². The maximum atomic E-state index is 13.7. The molecule has 0 radical (unpaired) electrons. The fraction of sp³-hybridized carbons (Fsp3) is 0.143. The van der Waals surface area contributed by atoms with Crippen molar-refractivity contribution < 1.29 is 19.2 Å². The molecule has 3 nitrogen and oxygen atoms in total. The number of rotatable bonds is 4. The zero-order valence-corrected chi connectivity index (χ0v) is 11.6. The molecule has 2 N–H and O–H groups in total. The highest BCUT2D eigenvalue weighted by molar-refractivity contribution is 6.58. The Morgan fingerprint density at radius 1 is 1.20 bits per heavy atom. The number of aryl methyl sites for hydroxylation is 1. The van der Waals surface area contributed by atoms with Gasteiger partial charge in [0.25, 0.3) is 0 Å². The molecule has 2 rings (SSSR count). The predicted octanol–water partition coefficient (Wildman–Crippen LogP) is 2.05. The van der Waals surface area contributed by atoms with Crippen molar-refractivity contribution in [1.82, 2.24) is 0 Å². The van der Waals surface area contributed by atoms with Crippen molar-refractivity contribution in [2.45, 2.75) is 13.5 Å². The third kappa shape index (κ3) is 3.51. The van der Waals surface area contributed by atoms with Gasteiger partial charge < -0.3 is 14.8 Å².